The fourth-order valence-corrected chi connectivity index (χ4v) is 1.97. The van der Waals surface area contributed by atoms with Crippen LogP contribution in [0.5, 0.6) is 5.75 Å². The number of rotatable bonds is 6. The molecule has 0 heterocycles. The number of aldehydes is 1. The number of anilines is 1. The zero-order chi connectivity index (χ0) is 17.5. The smallest absolute Gasteiger partial charge is 0.337 e. The summed E-state index contributed by atoms with van der Waals surface area (Å²) < 4.78 is 10.2. The zero-order valence-electron chi connectivity index (χ0n) is 13.3. The minimum Gasteiger partial charge on any atom is -0.481 e. The maximum Gasteiger partial charge on any atom is 0.337 e. The van der Waals surface area contributed by atoms with E-state index in [-0.39, 0.29) is 5.91 Å². The molecule has 1 N–H and O–H groups in total. The van der Waals surface area contributed by atoms with Crippen molar-refractivity contribution in [3.63, 3.8) is 0 Å². The number of nitrogens with one attached hydrogen (secondary N) is 1. The van der Waals surface area contributed by atoms with Gasteiger partial charge in [-0.1, -0.05) is 6.07 Å². The van der Waals surface area contributed by atoms with Crippen molar-refractivity contribution >= 4 is 23.9 Å². The first kappa shape index (κ1) is 17.2. The van der Waals surface area contributed by atoms with Crippen LogP contribution >= 0.6 is 0 Å². The highest BCUT2D eigenvalue weighted by atomic mass is 16.5. The summed E-state index contributed by atoms with van der Waals surface area (Å²) in [5.74, 6) is -0.367. The Balaban J connectivity index is 2.00. The normalized spacial score (nSPS) is 11.2. The average Bonchev–Trinajstić information content (AvgIpc) is 2.61. The number of amides is 1. The average molecular weight is 327 g/mol. The molecule has 6 heteroatoms. The highest BCUT2D eigenvalue weighted by Gasteiger charge is 2.15. The van der Waals surface area contributed by atoms with Crippen LogP contribution in [0.25, 0.3) is 0 Å². The molecule has 124 valence electrons. The van der Waals surface area contributed by atoms with Crippen molar-refractivity contribution in [2.75, 3.05) is 12.4 Å². The van der Waals surface area contributed by atoms with Crippen molar-refractivity contribution < 1.29 is 23.9 Å². The number of ether oxygens (including phenoxy) is 2. The molecule has 0 aliphatic rings. The predicted octanol–water partition coefficient (Wildman–Crippen LogP) is 2.69. The van der Waals surface area contributed by atoms with Crippen molar-refractivity contribution in [2.24, 2.45) is 0 Å². The first-order valence-corrected chi connectivity index (χ1v) is 7.24. The van der Waals surface area contributed by atoms with Gasteiger partial charge in [-0.25, -0.2) is 4.79 Å². The van der Waals surface area contributed by atoms with Crippen LogP contribution in [0.3, 0.4) is 0 Å². The second kappa shape index (κ2) is 7.92. The number of esters is 1. The summed E-state index contributed by atoms with van der Waals surface area (Å²) in [5.41, 5.74) is 1.34. The van der Waals surface area contributed by atoms with Crippen molar-refractivity contribution in [3.05, 3.63) is 59.7 Å². The summed E-state index contributed by atoms with van der Waals surface area (Å²) in [6.45, 7) is 1.60. The van der Waals surface area contributed by atoms with Crippen LogP contribution in [0, 0.1) is 0 Å². The van der Waals surface area contributed by atoms with E-state index in [2.05, 4.69) is 10.1 Å². The molecule has 0 aromatic heterocycles. The number of methoxy groups -OCH3 is 1. The summed E-state index contributed by atoms with van der Waals surface area (Å²) >= 11 is 0. The number of benzene rings is 2. The fourth-order valence-electron chi connectivity index (χ4n) is 1.97. The largest absolute Gasteiger partial charge is 0.481 e. The Labute approximate surface area is 139 Å². The molecule has 1 atom stereocenters. The summed E-state index contributed by atoms with van der Waals surface area (Å²) in [4.78, 5) is 34.3. The van der Waals surface area contributed by atoms with Gasteiger partial charge < -0.3 is 14.8 Å². The number of hydrogen-bond acceptors (Lipinski definition) is 5. The van der Waals surface area contributed by atoms with E-state index >= 15 is 0 Å². The first-order chi connectivity index (χ1) is 11.5. The molecule has 0 saturated carbocycles. The molecule has 2 rings (SSSR count). The van der Waals surface area contributed by atoms with Gasteiger partial charge in [-0.3, -0.25) is 9.59 Å². The van der Waals surface area contributed by atoms with Crippen LogP contribution in [-0.4, -0.2) is 31.4 Å². The Hall–Kier alpha value is -3.15. The molecule has 1 amide bonds. The lowest BCUT2D eigenvalue weighted by molar-refractivity contribution is -0.122. The quantitative estimate of drug-likeness (QED) is 0.651. The maximum atomic E-state index is 12.2. The van der Waals surface area contributed by atoms with Gasteiger partial charge in [-0.05, 0) is 49.4 Å². The third-order valence-electron chi connectivity index (χ3n) is 3.25. The minimum absolute atomic E-state index is 0.341. The van der Waals surface area contributed by atoms with Gasteiger partial charge >= 0.3 is 5.97 Å². The van der Waals surface area contributed by atoms with Gasteiger partial charge in [-0.15, -0.1) is 0 Å². The standard InChI is InChI=1S/C18H17NO5/c1-12(24-16-8-6-13(11-20)7-9-16)17(21)19-15-5-3-4-14(10-15)18(22)23-2/h3-12H,1-2H3,(H,19,21). The van der Waals surface area contributed by atoms with Gasteiger partial charge in [0, 0.05) is 11.3 Å². The Kier molecular flexibility index (Phi) is 5.68. The SMILES string of the molecule is COC(=O)c1cccc(NC(=O)C(C)Oc2ccc(C=O)cc2)c1. The van der Waals surface area contributed by atoms with Crippen molar-refractivity contribution in [2.45, 2.75) is 13.0 Å². The first-order valence-electron chi connectivity index (χ1n) is 7.24. The fraction of sp³-hybridized carbons (Fsp3) is 0.167. The number of carbonyl (C=O) groups excluding carboxylic acids is 3. The predicted molar refractivity (Wildman–Crippen MR) is 88.3 cm³/mol. The van der Waals surface area contributed by atoms with Crippen molar-refractivity contribution in [1.82, 2.24) is 0 Å². The van der Waals surface area contributed by atoms with Crippen molar-refractivity contribution in [1.29, 1.82) is 0 Å². The monoisotopic (exact) mass is 327 g/mol. The minimum atomic E-state index is -0.756. The van der Waals surface area contributed by atoms with Gasteiger partial charge in [0.2, 0.25) is 0 Å². The van der Waals surface area contributed by atoms with E-state index in [0.717, 1.165) is 6.29 Å². The summed E-state index contributed by atoms with van der Waals surface area (Å²) in [6, 6.07) is 12.9. The van der Waals surface area contributed by atoms with Crippen LogP contribution in [0.15, 0.2) is 48.5 Å². The Morgan fingerprint density at radius 1 is 1.12 bits per heavy atom. The van der Waals surface area contributed by atoms with Gasteiger partial charge in [0.15, 0.2) is 6.10 Å². The zero-order valence-corrected chi connectivity index (χ0v) is 13.3. The molecule has 24 heavy (non-hydrogen) atoms. The van der Waals surface area contributed by atoms with Gasteiger partial charge in [0.05, 0.1) is 12.7 Å². The number of hydrogen-bond donors (Lipinski definition) is 1. The molecule has 2 aromatic rings. The van der Waals surface area contributed by atoms with Crippen LogP contribution < -0.4 is 10.1 Å². The van der Waals surface area contributed by atoms with Gasteiger partial charge in [0.25, 0.3) is 5.91 Å². The third-order valence-corrected chi connectivity index (χ3v) is 3.25. The summed E-state index contributed by atoms with van der Waals surface area (Å²) in [5, 5.41) is 2.68. The van der Waals surface area contributed by atoms with E-state index in [1.165, 1.54) is 13.2 Å². The van der Waals surface area contributed by atoms with Gasteiger partial charge in [-0.2, -0.15) is 0 Å². The highest BCUT2D eigenvalue weighted by molar-refractivity contribution is 5.96. The lowest BCUT2D eigenvalue weighted by atomic mass is 10.2. The lowest BCUT2D eigenvalue weighted by Crippen LogP contribution is -2.30. The highest BCUT2D eigenvalue weighted by Crippen LogP contribution is 2.15. The van der Waals surface area contributed by atoms with E-state index in [4.69, 9.17) is 4.74 Å². The van der Waals surface area contributed by atoms with Crippen LogP contribution in [0.4, 0.5) is 5.69 Å². The molecule has 0 aliphatic heterocycles. The molecular formula is C18H17NO5. The summed E-state index contributed by atoms with van der Waals surface area (Å²) in [7, 11) is 1.29. The molecule has 0 aliphatic carbocycles. The Morgan fingerprint density at radius 2 is 1.83 bits per heavy atom. The topological polar surface area (TPSA) is 81.7 Å². The lowest BCUT2D eigenvalue weighted by Gasteiger charge is -2.15. The van der Waals surface area contributed by atoms with E-state index < -0.39 is 12.1 Å². The molecule has 0 spiro atoms. The molecule has 0 fully saturated rings. The van der Waals surface area contributed by atoms with E-state index in [9.17, 15) is 14.4 Å². The van der Waals surface area contributed by atoms with Crippen LogP contribution in [0.1, 0.15) is 27.6 Å². The molecular weight excluding hydrogens is 310 g/mol. The van der Waals surface area contributed by atoms with Crippen LogP contribution in [-0.2, 0) is 9.53 Å². The van der Waals surface area contributed by atoms with E-state index in [0.29, 0.717) is 22.6 Å². The molecule has 0 radical (unpaired) electrons. The molecule has 0 bridgehead atoms. The molecule has 6 nitrogen and oxygen atoms in total. The second-order valence-corrected chi connectivity index (χ2v) is 5.01. The number of carbonyl (C=O) groups is 3. The van der Waals surface area contributed by atoms with E-state index in [1.54, 1.807) is 49.4 Å². The Morgan fingerprint density at radius 3 is 2.46 bits per heavy atom. The van der Waals surface area contributed by atoms with E-state index in [1.807, 2.05) is 0 Å². The maximum absolute atomic E-state index is 12.2. The second-order valence-electron chi connectivity index (χ2n) is 5.01. The molecule has 0 saturated heterocycles. The Bertz CT molecular complexity index is 739. The molecule has 1 unspecified atom stereocenters. The van der Waals surface area contributed by atoms with Crippen molar-refractivity contribution in [3.8, 4) is 5.75 Å². The summed E-state index contributed by atoms with van der Waals surface area (Å²) in [6.07, 6.45) is -0.0253. The van der Waals surface area contributed by atoms with Gasteiger partial charge in [0.1, 0.15) is 12.0 Å². The third kappa shape index (κ3) is 4.42. The molecule has 2 aromatic carbocycles. The van der Waals surface area contributed by atoms with Crippen LogP contribution in [0.2, 0.25) is 0 Å².